The number of fused-ring (bicyclic) bond motifs is 1. The van der Waals surface area contributed by atoms with E-state index < -0.39 is 12.0 Å². The lowest BCUT2D eigenvalue weighted by Gasteiger charge is -2.16. The van der Waals surface area contributed by atoms with E-state index in [0.29, 0.717) is 12.1 Å². The summed E-state index contributed by atoms with van der Waals surface area (Å²) in [4.78, 5) is 37.9. The molecule has 7 nitrogen and oxygen atoms in total. The predicted molar refractivity (Wildman–Crippen MR) is 104 cm³/mol. The molecule has 0 aliphatic carbocycles. The molecule has 142 valence electrons. The topological polar surface area (TPSA) is 82.3 Å². The van der Waals surface area contributed by atoms with Crippen LogP contribution in [-0.2, 0) is 27.4 Å². The van der Waals surface area contributed by atoms with Gasteiger partial charge < -0.3 is 10.1 Å². The number of amides is 1. The fourth-order valence-electron chi connectivity index (χ4n) is 3.08. The van der Waals surface area contributed by atoms with Crippen LogP contribution >= 0.6 is 11.3 Å². The van der Waals surface area contributed by atoms with Crippen LogP contribution in [0.2, 0.25) is 0 Å². The first-order valence-electron chi connectivity index (χ1n) is 8.62. The number of hydrogen-bond acceptors (Lipinski definition) is 5. The Kier molecular flexibility index (Phi) is 5.75. The molecule has 3 aromatic rings. The SMILES string of the molecule is CCn1c(=O)n(CC(=O)NC(CC(=O)OC)c2cccs2)c2ccccc21. The Morgan fingerprint density at radius 2 is 1.85 bits per heavy atom. The van der Waals surface area contributed by atoms with Gasteiger partial charge in [-0.25, -0.2) is 4.79 Å². The first kappa shape index (κ1) is 18.9. The lowest BCUT2D eigenvalue weighted by molar-refractivity contribution is -0.141. The van der Waals surface area contributed by atoms with E-state index in [2.05, 4.69) is 5.32 Å². The summed E-state index contributed by atoms with van der Waals surface area (Å²) in [5, 5.41) is 4.73. The number of nitrogens with zero attached hydrogens (tertiary/aromatic N) is 2. The molecule has 0 aliphatic heterocycles. The quantitative estimate of drug-likeness (QED) is 0.631. The Hall–Kier alpha value is -2.87. The summed E-state index contributed by atoms with van der Waals surface area (Å²) in [5.41, 5.74) is 1.27. The molecule has 1 N–H and O–H groups in total. The van der Waals surface area contributed by atoms with Gasteiger partial charge in [0.1, 0.15) is 6.54 Å². The minimum absolute atomic E-state index is 0.0361. The van der Waals surface area contributed by atoms with Crippen molar-refractivity contribution in [1.29, 1.82) is 0 Å². The Morgan fingerprint density at radius 1 is 1.15 bits per heavy atom. The van der Waals surface area contributed by atoms with Gasteiger partial charge in [0.15, 0.2) is 0 Å². The molecule has 1 unspecified atom stereocenters. The van der Waals surface area contributed by atoms with Gasteiger partial charge in [-0.3, -0.25) is 18.7 Å². The molecule has 0 spiro atoms. The number of thiophene rings is 1. The van der Waals surface area contributed by atoms with Gasteiger partial charge in [0.2, 0.25) is 5.91 Å². The first-order valence-corrected chi connectivity index (χ1v) is 9.50. The van der Waals surface area contributed by atoms with Crippen molar-refractivity contribution in [3.63, 3.8) is 0 Å². The number of aromatic nitrogens is 2. The fourth-order valence-corrected chi connectivity index (χ4v) is 3.85. The average molecular weight is 387 g/mol. The second kappa shape index (κ2) is 8.22. The number of rotatable bonds is 7. The second-order valence-corrected chi connectivity index (χ2v) is 7.00. The molecule has 1 amide bonds. The maximum atomic E-state index is 12.7. The third kappa shape index (κ3) is 3.95. The zero-order valence-electron chi connectivity index (χ0n) is 15.2. The number of ether oxygens (including phenoxy) is 1. The van der Waals surface area contributed by atoms with Crippen molar-refractivity contribution >= 4 is 34.2 Å². The van der Waals surface area contributed by atoms with Crippen LogP contribution in [0.1, 0.15) is 24.3 Å². The van der Waals surface area contributed by atoms with Crippen LogP contribution in [0.3, 0.4) is 0 Å². The van der Waals surface area contributed by atoms with E-state index >= 15 is 0 Å². The number of nitrogens with one attached hydrogen (secondary N) is 1. The van der Waals surface area contributed by atoms with E-state index in [-0.39, 0.29) is 24.6 Å². The van der Waals surface area contributed by atoms with Crippen molar-refractivity contribution in [3.05, 3.63) is 57.1 Å². The third-order valence-corrected chi connectivity index (χ3v) is 5.35. The molecule has 0 bridgehead atoms. The van der Waals surface area contributed by atoms with Gasteiger partial charge in [0.05, 0.1) is 30.6 Å². The van der Waals surface area contributed by atoms with E-state index in [1.54, 1.807) is 4.57 Å². The highest BCUT2D eigenvalue weighted by Crippen LogP contribution is 2.22. The monoisotopic (exact) mass is 387 g/mol. The van der Waals surface area contributed by atoms with Crippen LogP contribution < -0.4 is 11.0 Å². The third-order valence-electron chi connectivity index (χ3n) is 4.36. The molecular weight excluding hydrogens is 366 g/mol. The van der Waals surface area contributed by atoms with Crippen molar-refractivity contribution in [1.82, 2.24) is 14.5 Å². The Balaban J connectivity index is 1.84. The van der Waals surface area contributed by atoms with Gasteiger partial charge >= 0.3 is 11.7 Å². The van der Waals surface area contributed by atoms with Crippen LogP contribution in [0.15, 0.2) is 46.6 Å². The highest BCUT2D eigenvalue weighted by Gasteiger charge is 2.21. The van der Waals surface area contributed by atoms with Gasteiger partial charge in [-0.2, -0.15) is 0 Å². The standard InChI is InChI=1S/C19H21N3O4S/c1-3-21-14-7-4-5-8-15(14)22(19(21)25)12-17(23)20-13(11-18(24)26-2)16-9-6-10-27-16/h4-10,13H,3,11-12H2,1-2H3,(H,20,23). The number of para-hydroxylation sites is 2. The maximum absolute atomic E-state index is 12.7. The molecule has 8 heteroatoms. The summed E-state index contributed by atoms with van der Waals surface area (Å²) in [5.74, 6) is -0.744. The van der Waals surface area contributed by atoms with E-state index in [4.69, 9.17) is 4.74 Å². The number of imidazole rings is 1. The van der Waals surface area contributed by atoms with Crippen LogP contribution in [0.25, 0.3) is 11.0 Å². The van der Waals surface area contributed by atoms with Gasteiger partial charge in [0, 0.05) is 11.4 Å². The van der Waals surface area contributed by atoms with Gasteiger partial charge in [-0.1, -0.05) is 18.2 Å². The second-order valence-electron chi connectivity index (χ2n) is 6.02. The van der Waals surface area contributed by atoms with Crippen molar-refractivity contribution < 1.29 is 14.3 Å². The van der Waals surface area contributed by atoms with Crippen molar-refractivity contribution in [2.45, 2.75) is 32.5 Å². The molecular formula is C19H21N3O4S. The zero-order valence-corrected chi connectivity index (χ0v) is 16.0. The predicted octanol–water partition coefficient (Wildman–Crippen LogP) is 2.31. The maximum Gasteiger partial charge on any atom is 0.329 e. The summed E-state index contributed by atoms with van der Waals surface area (Å²) in [6.07, 6.45) is 0.0361. The van der Waals surface area contributed by atoms with Crippen molar-refractivity contribution in [2.75, 3.05) is 7.11 Å². The Morgan fingerprint density at radius 3 is 2.44 bits per heavy atom. The van der Waals surface area contributed by atoms with Crippen molar-refractivity contribution in [2.24, 2.45) is 0 Å². The molecule has 0 saturated heterocycles. The highest BCUT2D eigenvalue weighted by atomic mass is 32.1. The number of carbonyl (C=O) groups excluding carboxylic acids is 2. The van der Waals surface area contributed by atoms with Crippen LogP contribution in [0, 0.1) is 0 Å². The number of benzene rings is 1. The fraction of sp³-hybridized carbons (Fsp3) is 0.316. The van der Waals surface area contributed by atoms with Gasteiger partial charge in [-0.05, 0) is 30.5 Å². The number of methoxy groups -OCH3 is 1. The van der Waals surface area contributed by atoms with Crippen LogP contribution in [0.5, 0.6) is 0 Å². The minimum Gasteiger partial charge on any atom is -0.469 e. The van der Waals surface area contributed by atoms with Gasteiger partial charge in [0.25, 0.3) is 0 Å². The number of hydrogen-bond donors (Lipinski definition) is 1. The molecule has 2 heterocycles. The molecule has 0 radical (unpaired) electrons. The smallest absolute Gasteiger partial charge is 0.329 e. The largest absolute Gasteiger partial charge is 0.469 e. The molecule has 27 heavy (non-hydrogen) atoms. The molecule has 1 atom stereocenters. The van der Waals surface area contributed by atoms with E-state index in [1.807, 2.05) is 48.7 Å². The zero-order chi connectivity index (χ0) is 19.4. The van der Waals surface area contributed by atoms with Crippen molar-refractivity contribution in [3.8, 4) is 0 Å². The van der Waals surface area contributed by atoms with E-state index in [0.717, 1.165) is 10.4 Å². The summed E-state index contributed by atoms with van der Waals surface area (Å²) in [6, 6.07) is 10.6. The Labute approximate surface area is 160 Å². The molecule has 3 rings (SSSR count). The van der Waals surface area contributed by atoms with Gasteiger partial charge in [-0.15, -0.1) is 11.3 Å². The average Bonchev–Trinajstić information content (AvgIpc) is 3.29. The molecule has 0 fully saturated rings. The summed E-state index contributed by atoms with van der Waals surface area (Å²) >= 11 is 1.45. The first-order chi connectivity index (χ1) is 13.0. The number of aryl methyl sites for hydroxylation is 1. The highest BCUT2D eigenvalue weighted by molar-refractivity contribution is 7.10. The molecule has 2 aromatic heterocycles. The number of carbonyl (C=O) groups is 2. The summed E-state index contributed by atoms with van der Waals surface area (Å²) in [6.45, 7) is 2.30. The van der Waals surface area contributed by atoms with Crippen LogP contribution in [0.4, 0.5) is 0 Å². The minimum atomic E-state index is -0.486. The molecule has 0 saturated carbocycles. The molecule has 0 aliphatic rings. The Bertz CT molecular complexity index is 1000. The lowest BCUT2D eigenvalue weighted by Crippen LogP contribution is -2.35. The normalized spacial score (nSPS) is 12.1. The number of esters is 1. The van der Waals surface area contributed by atoms with E-state index in [1.165, 1.54) is 23.0 Å². The summed E-state index contributed by atoms with van der Waals surface area (Å²) < 4.78 is 7.82. The summed E-state index contributed by atoms with van der Waals surface area (Å²) in [7, 11) is 1.31. The lowest BCUT2D eigenvalue weighted by atomic mass is 10.1. The van der Waals surface area contributed by atoms with Crippen LogP contribution in [-0.4, -0.2) is 28.1 Å². The molecule has 1 aromatic carbocycles. The van der Waals surface area contributed by atoms with E-state index in [9.17, 15) is 14.4 Å².